The normalized spacial score (nSPS) is 10.6. The summed E-state index contributed by atoms with van der Waals surface area (Å²) in [5.74, 6) is 0. The lowest BCUT2D eigenvalue weighted by molar-refractivity contribution is 0.419. The molecule has 4 aromatic rings. The van der Waals surface area contributed by atoms with E-state index in [4.69, 9.17) is 9.05 Å². The van der Waals surface area contributed by atoms with E-state index in [2.05, 4.69) is 51.9 Å². The molecule has 0 aliphatic carbocycles. The molecule has 0 aliphatic heterocycles. The van der Waals surface area contributed by atoms with Crippen molar-refractivity contribution in [1.29, 1.82) is 0 Å². The second-order valence-corrected chi connectivity index (χ2v) is 8.55. The highest BCUT2D eigenvalue weighted by Crippen LogP contribution is 2.29. The van der Waals surface area contributed by atoms with Gasteiger partial charge in [0, 0.05) is 21.6 Å². The summed E-state index contributed by atoms with van der Waals surface area (Å²) < 4.78 is 10.5. The Morgan fingerprint density at radius 1 is 0.548 bits per heavy atom. The molecule has 0 saturated heterocycles. The Bertz CT molecular complexity index is 934. The zero-order chi connectivity index (χ0) is 22.9. The van der Waals surface area contributed by atoms with Crippen molar-refractivity contribution >= 4 is 21.9 Å². The minimum absolute atomic E-state index is 0. The summed E-state index contributed by atoms with van der Waals surface area (Å²) in [6.45, 7) is 20.8. The summed E-state index contributed by atoms with van der Waals surface area (Å²) in [5, 5.41) is 10.4. The molecule has 0 radical (unpaired) electrons. The molecular formula is C26H41N3O2. The molecule has 4 rings (SSSR count). The summed E-state index contributed by atoms with van der Waals surface area (Å²) in [6, 6.07) is 15.9. The zero-order valence-corrected chi connectivity index (χ0v) is 21.0. The molecule has 0 unspecified atom stereocenters. The van der Waals surface area contributed by atoms with Crippen LogP contribution >= 0.6 is 0 Å². The van der Waals surface area contributed by atoms with Crippen LogP contribution < -0.4 is 6.15 Å². The van der Waals surface area contributed by atoms with Crippen molar-refractivity contribution in [1.82, 2.24) is 16.5 Å². The highest BCUT2D eigenvalue weighted by molar-refractivity contribution is 5.80. The van der Waals surface area contributed by atoms with Gasteiger partial charge in [-0.15, -0.1) is 0 Å². The molecule has 2 aromatic heterocycles. The summed E-state index contributed by atoms with van der Waals surface area (Å²) in [4.78, 5) is 0. The van der Waals surface area contributed by atoms with Crippen molar-refractivity contribution in [3.05, 3.63) is 59.9 Å². The van der Waals surface area contributed by atoms with Crippen LogP contribution in [0.25, 0.3) is 21.9 Å². The van der Waals surface area contributed by atoms with Crippen LogP contribution in [-0.4, -0.2) is 10.3 Å². The third kappa shape index (κ3) is 7.21. The lowest BCUT2D eigenvalue weighted by atomic mass is 9.90. The first-order chi connectivity index (χ1) is 14.2. The van der Waals surface area contributed by atoms with Crippen LogP contribution in [0, 0.1) is 0 Å². The lowest BCUT2D eigenvalue weighted by Gasteiger charge is -2.13. The molecule has 2 aromatic carbocycles. The van der Waals surface area contributed by atoms with Gasteiger partial charge in [-0.05, 0) is 24.3 Å². The molecule has 0 aliphatic rings. The third-order valence-corrected chi connectivity index (χ3v) is 4.18. The molecule has 5 heteroatoms. The third-order valence-electron chi connectivity index (χ3n) is 4.18. The van der Waals surface area contributed by atoms with Crippen LogP contribution in [0.5, 0.6) is 0 Å². The zero-order valence-electron chi connectivity index (χ0n) is 21.0. The van der Waals surface area contributed by atoms with E-state index >= 15 is 0 Å². The average molecular weight is 428 g/mol. The molecule has 0 amide bonds. The van der Waals surface area contributed by atoms with Crippen LogP contribution in [0.4, 0.5) is 0 Å². The Balaban J connectivity index is 0.000000487. The molecule has 0 atom stereocenters. The highest BCUT2D eigenvalue weighted by atomic mass is 16.5. The fraction of sp³-hybridized carbons (Fsp3) is 0.462. The van der Waals surface area contributed by atoms with Crippen LogP contribution in [0.1, 0.15) is 80.6 Å². The number of benzene rings is 2. The Hall–Kier alpha value is -2.66. The van der Waals surface area contributed by atoms with Gasteiger partial charge in [0.25, 0.3) is 0 Å². The van der Waals surface area contributed by atoms with Gasteiger partial charge in [-0.25, -0.2) is 0 Å². The summed E-state index contributed by atoms with van der Waals surface area (Å²) in [6.07, 6.45) is 0. The molecule has 3 N–H and O–H groups in total. The van der Waals surface area contributed by atoms with E-state index in [0.29, 0.717) is 0 Å². The van der Waals surface area contributed by atoms with Crippen LogP contribution in [0.15, 0.2) is 57.6 Å². The summed E-state index contributed by atoms with van der Waals surface area (Å²) in [5.41, 5.74) is 3.89. The van der Waals surface area contributed by atoms with Crippen LogP contribution in [0.2, 0.25) is 0 Å². The van der Waals surface area contributed by atoms with E-state index in [9.17, 15) is 0 Å². The quantitative estimate of drug-likeness (QED) is 0.304. The Morgan fingerprint density at radius 3 is 1.13 bits per heavy atom. The van der Waals surface area contributed by atoms with Crippen molar-refractivity contribution in [3.63, 3.8) is 0 Å². The second-order valence-electron chi connectivity index (χ2n) is 8.55. The van der Waals surface area contributed by atoms with Gasteiger partial charge in [0.15, 0.2) is 11.2 Å². The highest BCUT2D eigenvalue weighted by Gasteiger charge is 2.22. The minimum atomic E-state index is 0. The van der Waals surface area contributed by atoms with E-state index in [-0.39, 0.29) is 17.0 Å². The predicted molar refractivity (Wildman–Crippen MR) is 133 cm³/mol. The first kappa shape index (κ1) is 28.3. The molecule has 0 spiro atoms. The topological polar surface area (TPSA) is 87.1 Å². The van der Waals surface area contributed by atoms with Gasteiger partial charge >= 0.3 is 0 Å². The van der Waals surface area contributed by atoms with Crippen molar-refractivity contribution in [2.75, 3.05) is 0 Å². The van der Waals surface area contributed by atoms with Crippen LogP contribution in [0.3, 0.4) is 0 Å². The monoisotopic (exact) mass is 427 g/mol. The van der Waals surface area contributed by atoms with Gasteiger partial charge in [-0.1, -0.05) is 104 Å². The smallest absolute Gasteiger partial charge is 0.167 e. The number of nitrogens with zero attached hydrogens (tertiary/aromatic N) is 2. The number of rotatable bonds is 0. The Morgan fingerprint density at radius 2 is 0.839 bits per heavy atom. The molecule has 31 heavy (non-hydrogen) atoms. The fourth-order valence-electron chi connectivity index (χ4n) is 2.85. The molecule has 0 saturated carbocycles. The van der Waals surface area contributed by atoms with Gasteiger partial charge < -0.3 is 15.2 Å². The molecule has 2 heterocycles. The van der Waals surface area contributed by atoms with E-state index in [0.717, 1.165) is 33.3 Å². The molecule has 0 bridgehead atoms. The van der Waals surface area contributed by atoms with Gasteiger partial charge in [0.05, 0.1) is 11.4 Å². The molecule has 172 valence electrons. The maximum Gasteiger partial charge on any atom is 0.167 e. The Labute approximate surface area is 187 Å². The Kier molecular flexibility index (Phi) is 11.2. The van der Waals surface area contributed by atoms with Crippen LogP contribution in [-0.2, 0) is 10.8 Å². The van der Waals surface area contributed by atoms with E-state index in [1.54, 1.807) is 0 Å². The van der Waals surface area contributed by atoms with E-state index in [1.807, 2.05) is 76.2 Å². The molecular weight excluding hydrogens is 386 g/mol. The second kappa shape index (κ2) is 12.3. The molecule has 5 nitrogen and oxygen atoms in total. The fourth-order valence-corrected chi connectivity index (χ4v) is 2.85. The molecule has 0 fully saturated rings. The number of aromatic nitrogens is 2. The van der Waals surface area contributed by atoms with E-state index in [1.165, 1.54) is 0 Å². The maximum absolute atomic E-state index is 5.23. The van der Waals surface area contributed by atoms with Crippen molar-refractivity contribution in [3.8, 4) is 0 Å². The largest absolute Gasteiger partial charge is 0.356 e. The van der Waals surface area contributed by atoms with Gasteiger partial charge in [-0.2, -0.15) is 0 Å². The summed E-state index contributed by atoms with van der Waals surface area (Å²) >= 11 is 0. The summed E-state index contributed by atoms with van der Waals surface area (Å²) in [7, 11) is 0. The number of fused-ring (bicyclic) bond motifs is 2. The standard InChI is InChI=1S/2C11H13NO.2C2H6.H3N/c2*1-11(2,3)10-8-6-4-5-7-9(8)13-12-10;2*1-2;/h2*4-7H,1-3H3;2*1-2H3;1H3. The van der Waals surface area contributed by atoms with E-state index < -0.39 is 0 Å². The first-order valence-corrected chi connectivity index (χ1v) is 10.9. The SMILES string of the molecule is CC.CC.CC(C)(C)c1noc2ccccc12.CC(C)(C)c1noc2ccccc12.N. The predicted octanol–water partition coefficient (Wildman–Crippen LogP) is 8.47. The minimum Gasteiger partial charge on any atom is -0.356 e. The van der Waals surface area contributed by atoms with Gasteiger partial charge in [0.2, 0.25) is 0 Å². The number of hydrogen-bond acceptors (Lipinski definition) is 5. The van der Waals surface area contributed by atoms with Gasteiger partial charge in [-0.3, -0.25) is 0 Å². The first-order valence-electron chi connectivity index (χ1n) is 10.9. The lowest BCUT2D eigenvalue weighted by Crippen LogP contribution is -2.11. The van der Waals surface area contributed by atoms with Crippen molar-refractivity contribution in [2.24, 2.45) is 0 Å². The van der Waals surface area contributed by atoms with Crippen molar-refractivity contribution in [2.45, 2.75) is 80.1 Å². The number of hydrogen-bond donors (Lipinski definition) is 1. The van der Waals surface area contributed by atoms with Crippen molar-refractivity contribution < 1.29 is 9.05 Å². The average Bonchev–Trinajstić information content (AvgIpc) is 3.35. The van der Waals surface area contributed by atoms with Gasteiger partial charge in [0.1, 0.15) is 0 Å². The number of para-hydroxylation sites is 2. The maximum atomic E-state index is 5.23.